The quantitative estimate of drug-likeness (QED) is 0.271. The lowest BCUT2D eigenvalue weighted by atomic mass is 9.82. The zero-order valence-corrected chi connectivity index (χ0v) is 15.6. The first-order valence-electron chi connectivity index (χ1n) is 10.1. The van der Waals surface area contributed by atoms with Crippen molar-refractivity contribution in [2.45, 2.75) is 83.5 Å². The highest BCUT2D eigenvalue weighted by molar-refractivity contribution is 5.05. The van der Waals surface area contributed by atoms with Crippen LogP contribution < -0.4 is 0 Å². The topological polar surface area (TPSA) is 18.5 Å². The van der Waals surface area contributed by atoms with Crippen molar-refractivity contribution < 1.29 is 9.47 Å². The van der Waals surface area contributed by atoms with E-state index in [1.54, 1.807) is 13.4 Å². The van der Waals surface area contributed by atoms with Gasteiger partial charge in [0.2, 0.25) is 0 Å². The Bertz CT molecular complexity index is 406. The van der Waals surface area contributed by atoms with Crippen LogP contribution in [0.15, 0.2) is 29.9 Å². The second-order valence-electron chi connectivity index (χ2n) is 7.49. The highest BCUT2D eigenvalue weighted by atomic mass is 16.5. The predicted octanol–water partition coefficient (Wildman–Crippen LogP) is 6.53. The van der Waals surface area contributed by atoms with E-state index in [2.05, 4.69) is 11.8 Å². The SMILES string of the molecule is COCCC/C(=C\OC=C=CCC1CCCCC1)C1CCCCC1. The summed E-state index contributed by atoms with van der Waals surface area (Å²) in [7, 11) is 1.78. The lowest BCUT2D eigenvalue weighted by Gasteiger charge is -2.24. The van der Waals surface area contributed by atoms with Crippen LogP contribution in [0.1, 0.15) is 83.5 Å². The standard InChI is InChI=1S/C22H36O2/c1-23-17-10-16-22(21-14-6-3-7-15-21)19-24-18-9-8-13-20-11-4-2-5-12-20/h8,18-21H,2-7,10-17H2,1H3/b22-19+. The fourth-order valence-electron chi connectivity index (χ4n) is 4.12. The summed E-state index contributed by atoms with van der Waals surface area (Å²) in [6.07, 6.45) is 23.0. The molecule has 0 radical (unpaired) electrons. The molecule has 2 nitrogen and oxygen atoms in total. The van der Waals surface area contributed by atoms with Crippen LogP contribution in [0, 0.1) is 11.8 Å². The van der Waals surface area contributed by atoms with Gasteiger partial charge in [-0.15, -0.1) is 0 Å². The summed E-state index contributed by atoms with van der Waals surface area (Å²) >= 11 is 0. The summed E-state index contributed by atoms with van der Waals surface area (Å²) in [4.78, 5) is 0. The Labute approximate surface area is 149 Å². The minimum absolute atomic E-state index is 0.718. The highest BCUT2D eigenvalue weighted by Gasteiger charge is 2.17. The first-order valence-corrected chi connectivity index (χ1v) is 10.1. The third kappa shape index (κ3) is 7.73. The van der Waals surface area contributed by atoms with E-state index in [1.165, 1.54) is 69.8 Å². The van der Waals surface area contributed by atoms with Gasteiger partial charge >= 0.3 is 0 Å². The number of ether oxygens (including phenoxy) is 2. The van der Waals surface area contributed by atoms with E-state index in [9.17, 15) is 0 Å². The Morgan fingerprint density at radius 3 is 2.42 bits per heavy atom. The average Bonchev–Trinajstić information content (AvgIpc) is 2.64. The summed E-state index contributed by atoms with van der Waals surface area (Å²) in [5.41, 5.74) is 4.69. The van der Waals surface area contributed by atoms with Crippen molar-refractivity contribution in [3.63, 3.8) is 0 Å². The van der Waals surface area contributed by atoms with Crippen molar-refractivity contribution >= 4 is 0 Å². The molecule has 24 heavy (non-hydrogen) atoms. The van der Waals surface area contributed by atoms with Gasteiger partial charge in [-0.3, -0.25) is 0 Å². The van der Waals surface area contributed by atoms with Crippen LogP contribution >= 0.6 is 0 Å². The molecule has 0 aromatic rings. The van der Waals surface area contributed by atoms with E-state index in [0.29, 0.717) is 0 Å². The third-order valence-electron chi connectivity index (χ3n) is 5.59. The van der Waals surface area contributed by atoms with Gasteiger partial charge in [-0.1, -0.05) is 57.1 Å². The molecule has 2 fully saturated rings. The molecule has 0 aromatic carbocycles. The number of methoxy groups -OCH3 is 1. The van der Waals surface area contributed by atoms with Gasteiger partial charge < -0.3 is 9.47 Å². The Balaban J connectivity index is 1.77. The second kappa shape index (κ2) is 12.4. The molecular weight excluding hydrogens is 296 g/mol. The Morgan fingerprint density at radius 1 is 1.00 bits per heavy atom. The molecule has 2 heteroatoms. The summed E-state index contributed by atoms with van der Waals surface area (Å²) in [6.45, 7) is 0.835. The van der Waals surface area contributed by atoms with E-state index in [1.807, 2.05) is 6.26 Å². The molecule has 0 bridgehead atoms. The van der Waals surface area contributed by atoms with Crippen LogP contribution in [0.3, 0.4) is 0 Å². The van der Waals surface area contributed by atoms with Gasteiger partial charge in [0.1, 0.15) is 6.26 Å². The predicted molar refractivity (Wildman–Crippen MR) is 101 cm³/mol. The summed E-state index contributed by atoms with van der Waals surface area (Å²) < 4.78 is 10.9. The molecule has 0 saturated heterocycles. The molecule has 0 spiro atoms. The maximum atomic E-state index is 5.70. The van der Waals surface area contributed by atoms with E-state index < -0.39 is 0 Å². The van der Waals surface area contributed by atoms with Crippen molar-refractivity contribution in [1.29, 1.82) is 0 Å². The fraction of sp³-hybridized carbons (Fsp3) is 0.773. The average molecular weight is 333 g/mol. The molecule has 2 saturated carbocycles. The number of hydrogen-bond donors (Lipinski definition) is 0. The zero-order chi connectivity index (χ0) is 16.9. The van der Waals surface area contributed by atoms with Crippen LogP contribution in [-0.2, 0) is 9.47 Å². The van der Waals surface area contributed by atoms with Gasteiger partial charge in [-0.05, 0) is 55.6 Å². The van der Waals surface area contributed by atoms with Crippen LogP contribution in [0.4, 0.5) is 0 Å². The molecule has 0 amide bonds. The van der Waals surface area contributed by atoms with Crippen molar-refractivity contribution in [3.05, 3.63) is 29.9 Å². The normalized spacial score (nSPS) is 20.5. The summed E-state index contributed by atoms with van der Waals surface area (Å²) in [5.74, 6) is 1.59. The fourth-order valence-corrected chi connectivity index (χ4v) is 4.12. The van der Waals surface area contributed by atoms with Crippen molar-refractivity contribution in [2.24, 2.45) is 11.8 Å². The molecule has 0 N–H and O–H groups in total. The molecular formula is C22H36O2. The van der Waals surface area contributed by atoms with Gasteiger partial charge in [0.05, 0.1) is 6.26 Å². The van der Waals surface area contributed by atoms with E-state index in [0.717, 1.165) is 37.7 Å². The van der Waals surface area contributed by atoms with E-state index >= 15 is 0 Å². The number of hydrogen-bond acceptors (Lipinski definition) is 2. The summed E-state index contributed by atoms with van der Waals surface area (Å²) in [5, 5.41) is 0. The lowest BCUT2D eigenvalue weighted by Crippen LogP contribution is -2.10. The third-order valence-corrected chi connectivity index (χ3v) is 5.59. The van der Waals surface area contributed by atoms with Crippen LogP contribution in [0.5, 0.6) is 0 Å². The molecule has 0 aromatic heterocycles. The van der Waals surface area contributed by atoms with E-state index in [-0.39, 0.29) is 0 Å². The molecule has 0 heterocycles. The highest BCUT2D eigenvalue weighted by Crippen LogP contribution is 2.32. The summed E-state index contributed by atoms with van der Waals surface area (Å²) in [6, 6.07) is 0. The molecule has 0 atom stereocenters. The van der Waals surface area contributed by atoms with Gasteiger partial charge in [0.15, 0.2) is 0 Å². The van der Waals surface area contributed by atoms with E-state index in [4.69, 9.17) is 9.47 Å². The smallest absolute Gasteiger partial charge is 0.132 e. The van der Waals surface area contributed by atoms with Gasteiger partial charge in [0.25, 0.3) is 0 Å². The number of rotatable bonds is 9. The largest absolute Gasteiger partial charge is 0.464 e. The van der Waals surface area contributed by atoms with Crippen molar-refractivity contribution in [1.82, 2.24) is 0 Å². The molecule has 2 aliphatic rings. The van der Waals surface area contributed by atoms with Crippen LogP contribution in [0.2, 0.25) is 0 Å². The lowest BCUT2D eigenvalue weighted by molar-refractivity contribution is 0.193. The molecule has 136 valence electrons. The minimum atomic E-state index is 0.718. The van der Waals surface area contributed by atoms with Gasteiger partial charge in [-0.25, -0.2) is 0 Å². The Hall–Kier alpha value is -0.980. The van der Waals surface area contributed by atoms with Crippen LogP contribution in [-0.4, -0.2) is 13.7 Å². The maximum absolute atomic E-state index is 5.70. The molecule has 2 rings (SSSR count). The first-order chi connectivity index (χ1) is 11.9. The number of allylic oxidation sites excluding steroid dienone is 2. The Kier molecular flexibility index (Phi) is 9.99. The molecule has 0 aliphatic heterocycles. The Morgan fingerprint density at radius 2 is 1.71 bits per heavy atom. The zero-order valence-electron chi connectivity index (χ0n) is 15.6. The van der Waals surface area contributed by atoms with Gasteiger partial charge in [-0.2, -0.15) is 0 Å². The van der Waals surface area contributed by atoms with Crippen LogP contribution in [0.25, 0.3) is 0 Å². The van der Waals surface area contributed by atoms with Gasteiger partial charge in [0, 0.05) is 13.7 Å². The minimum Gasteiger partial charge on any atom is -0.464 e. The molecule has 0 unspecified atom stereocenters. The maximum Gasteiger partial charge on any atom is 0.132 e. The monoisotopic (exact) mass is 332 g/mol. The van der Waals surface area contributed by atoms with Crippen molar-refractivity contribution in [2.75, 3.05) is 13.7 Å². The first kappa shape index (κ1) is 19.3. The van der Waals surface area contributed by atoms with Crippen molar-refractivity contribution in [3.8, 4) is 0 Å². The molecule has 2 aliphatic carbocycles. The second-order valence-corrected chi connectivity index (χ2v) is 7.49.